The highest BCUT2D eigenvalue weighted by Gasteiger charge is 2.86. The molecule has 0 aromatic heterocycles. The van der Waals surface area contributed by atoms with E-state index in [9.17, 15) is 15.3 Å². The maximum absolute atomic E-state index is 11.7. The number of fused-ring (bicyclic) bond motifs is 1. The van der Waals surface area contributed by atoms with E-state index in [1.165, 1.54) is 6.42 Å². The minimum Gasteiger partial charge on any atom is -0.390 e. The van der Waals surface area contributed by atoms with Gasteiger partial charge in [0.2, 0.25) is 0 Å². The average molecular weight is 316 g/mol. The van der Waals surface area contributed by atoms with E-state index in [1.807, 2.05) is 0 Å². The molecular formula is C20H28O3. The summed E-state index contributed by atoms with van der Waals surface area (Å²) in [5, 5.41) is 34.7. The Kier molecular flexibility index (Phi) is 1.74. The minimum atomic E-state index is -0.678. The molecule has 11 bridgehead atoms. The molecule has 0 aromatic rings. The monoisotopic (exact) mass is 316 g/mol. The molecule has 0 heterocycles. The summed E-state index contributed by atoms with van der Waals surface area (Å²) < 4.78 is 0. The summed E-state index contributed by atoms with van der Waals surface area (Å²) in [6.07, 6.45) is 7.93. The number of rotatable bonds is 0. The molecule has 10 rings (SSSR count). The van der Waals surface area contributed by atoms with Crippen molar-refractivity contribution in [3.8, 4) is 0 Å². The van der Waals surface area contributed by atoms with E-state index in [-0.39, 0.29) is 11.8 Å². The molecule has 23 heavy (non-hydrogen) atoms. The van der Waals surface area contributed by atoms with Gasteiger partial charge in [0.25, 0.3) is 0 Å². The van der Waals surface area contributed by atoms with Crippen LogP contribution in [0.1, 0.15) is 58.3 Å². The van der Waals surface area contributed by atoms with Gasteiger partial charge in [-0.1, -0.05) is 6.92 Å². The Morgan fingerprint density at radius 2 is 1.22 bits per heavy atom. The zero-order valence-electron chi connectivity index (χ0n) is 14.0. The van der Waals surface area contributed by atoms with Crippen LogP contribution < -0.4 is 0 Å². The van der Waals surface area contributed by atoms with Gasteiger partial charge in [-0.3, -0.25) is 0 Å². The van der Waals surface area contributed by atoms with Gasteiger partial charge in [-0.2, -0.15) is 0 Å². The first-order valence-corrected chi connectivity index (χ1v) is 9.90. The highest BCUT2D eigenvalue weighted by atomic mass is 16.3. The van der Waals surface area contributed by atoms with Crippen molar-refractivity contribution in [1.29, 1.82) is 0 Å². The molecule has 10 aliphatic rings. The smallest absolute Gasteiger partial charge is 0.0739 e. The van der Waals surface area contributed by atoms with E-state index < -0.39 is 16.8 Å². The lowest BCUT2D eigenvalue weighted by molar-refractivity contribution is -0.414. The van der Waals surface area contributed by atoms with Crippen molar-refractivity contribution in [2.45, 2.75) is 75.1 Å². The zero-order valence-corrected chi connectivity index (χ0v) is 14.0. The second-order valence-corrected chi connectivity index (χ2v) is 11.4. The molecule has 10 fully saturated rings. The Balaban J connectivity index is 1.57. The van der Waals surface area contributed by atoms with Crippen molar-refractivity contribution in [3.63, 3.8) is 0 Å². The quantitative estimate of drug-likeness (QED) is 0.641. The molecule has 3 N–H and O–H groups in total. The molecule has 126 valence electrons. The van der Waals surface area contributed by atoms with Crippen LogP contribution in [0.25, 0.3) is 0 Å². The van der Waals surface area contributed by atoms with E-state index in [0.717, 1.165) is 38.5 Å². The highest BCUT2D eigenvalue weighted by Crippen LogP contribution is 2.86. The second-order valence-electron chi connectivity index (χ2n) is 11.4. The topological polar surface area (TPSA) is 60.7 Å². The van der Waals surface area contributed by atoms with E-state index in [4.69, 9.17) is 0 Å². The van der Waals surface area contributed by atoms with Gasteiger partial charge in [0.1, 0.15) is 0 Å². The summed E-state index contributed by atoms with van der Waals surface area (Å²) in [5.41, 5.74) is -1.06. The molecule has 1 spiro atoms. The largest absolute Gasteiger partial charge is 0.390 e. The van der Waals surface area contributed by atoms with Crippen LogP contribution in [0.2, 0.25) is 0 Å². The van der Waals surface area contributed by atoms with Gasteiger partial charge in [-0.15, -0.1) is 0 Å². The van der Waals surface area contributed by atoms with Gasteiger partial charge < -0.3 is 15.3 Å². The zero-order chi connectivity index (χ0) is 15.6. The van der Waals surface area contributed by atoms with E-state index in [1.54, 1.807) is 0 Å². The van der Waals surface area contributed by atoms with Crippen LogP contribution in [0.15, 0.2) is 0 Å². The van der Waals surface area contributed by atoms with Crippen LogP contribution in [0.3, 0.4) is 0 Å². The molecule has 6 unspecified atom stereocenters. The summed E-state index contributed by atoms with van der Waals surface area (Å²) in [4.78, 5) is 0. The molecule has 0 aromatic carbocycles. The van der Waals surface area contributed by atoms with Crippen LogP contribution in [0, 0.1) is 46.3 Å². The minimum absolute atomic E-state index is 0.249. The summed E-state index contributed by atoms with van der Waals surface area (Å²) >= 11 is 0. The summed E-state index contributed by atoms with van der Waals surface area (Å²) in [6.45, 7) is 2.47. The predicted molar refractivity (Wildman–Crippen MR) is 83.3 cm³/mol. The molecule has 6 atom stereocenters. The van der Waals surface area contributed by atoms with Gasteiger partial charge in [-0.05, 0) is 91.3 Å². The standard InChI is InChI=1S/C20H28O3/c1-16-4-10-14-12-6-17(21)2-3-18(14,8-16)15-11(5-16)19(10,22)9-20(12,23)13(15)7-17/h10-15,21-23H,2-9H2,1H3. The maximum Gasteiger partial charge on any atom is 0.0739 e. The van der Waals surface area contributed by atoms with Crippen molar-refractivity contribution in [2.24, 2.45) is 46.3 Å². The number of hydrogen-bond acceptors (Lipinski definition) is 3. The molecule has 0 aliphatic heterocycles. The maximum atomic E-state index is 11.7. The SMILES string of the molecule is CC12CC3C4C5CC6(O)CCC4(C1)C1C(C2)C3(O)CC5(O)C1C6. The first kappa shape index (κ1) is 13.1. The van der Waals surface area contributed by atoms with E-state index >= 15 is 0 Å². The lowest BCUT2D eigenvalue weighted by Gasteiger charge is -2.84. The molecule has 3 heteroatoms. The number of aliphatic hydroxyl groups is 3. The van der Waals surface area contributed by atoms with Crippen LogP contribution in [-0.2, 0) is 0 Å². The number of hydrogen-bond donors (Lipinski definition) is 3. The van der Waals surface area contributed by atoms with Crippen LogP contribution >= 0.6 is 0 Å². The fraction of sp³-hybridized carbons (Fsp3) is 1.00. The van der Waals surface area contributed by atoms with E-state index in [0.29, 0.717) is 40.9 Å². The molecule has 10 aliphatic carbocycles. The normalized spacial score (nSPS) is 78.8. The summed E-state index contributed by atoms with van der Waals surface area (Å²) in [5.74, 6) is 2.24. The highest BCUT2D eigenvalue weighted by molar-refractivity contribution is 5.35. The lowest BCUT2D eigenvalue weighted by atomic mass is 9.22. The molecule has 10 saturated carbocycles. The third-order valence-corrected chi connectivity index (χ3v) is 10.6. The van der Waals surface area contributed by atoms with Crippen LogP contribution in [-0.4, -0.2) is 32.1 Å². The Morgan fingerprint density at radius 3 is 1.78 bits per heavy atom. The summed E-state index contributed by atoms with van der Waals surface area (Å²) in [6, 6.07) is 0. The van der Waals surface area contributed by atoms with Crippen molar-refractivity contribution in [2.75, 3.05) is 0 Å². The second kappa shape index (κ2) is 3.05. The Labute approximate surface area is 137 Å². The lowest BCUT2D eigenvalue weighted by Crippen LogP contribution is -2.85. The molecule has 0 saturated heterocycles. The molecule has 0 radical (unpaired) electrons. The Hall–Kier alpha value is -0.120. The van der Waals surface area contributed by atoms with Gasteiger partial charge in [0.15, 0.2) is 0 Å². The Bertz CT molecular complexity index is 621. The average Bonchev–Trinajstić information content (AvgIpc) is 2.62. The van der Waals surface area contributed by atoms with Gasteiger partial charge in [0.05, 0.1) is 16.8 Å². The first-order valence-electron chi connectivity index (χ1n) is 9.90. The van der Waals surface area contributed by atoms with Gasteiger partial charge in [-0.25, -0.2) is 0 Å². The predicted octanol–water partition coefficient (Wildman–Crippen LogP) is 2.09. The molecule has 3 nitrogen and oxygen atoms in total. The fourth-order valence-electron chi connectivity index (χ4n) is 10.7. The Morgan fingerprint density at radius 1 is 0.696 bits per heavy atom. The van der Waals surface area contributed by atoms with Crippen LogP contribution in [0.5, 0.6) is 0 Å². The summed E-state index contributed by atoms with van der Waals surface area (Å²) in [7, 11) is 0. The van der Waals surface area contributed by atoms with Crippen molar-refractivity contribution >= 4 is 0 Å². The van der Waals surface area contributed by atoms with Crippen molar-refractivity contribution in [3.05, 3.63) is 0 Å². The van der Waals surface area contributed by atoms with E-state index in [2.05, 4.69) is 6.92 Å². The van der Waals surface area contributed by atoms with Crippen LogP contribution in [0.4, 0.5) is 0 Å². The van der Waals surface area contributed by atoms with Crippen molar-refractivity contribution < 1.29 is 15.3 Å². The fourth-order valence-corrected chi connectivity index (χ4v) is 10.7. The molecule has 0 amide bonds. The molecular weight excluding hydrogens is 288 g/mol. The third kappa shape index (κ3) is 1.05. The van der Waals surface area contributed by atoms with Crippen molar-refractivity contribution in [1.82, 2.24) is 0 Å². The third-order valence-electron chi connectivity index (χ3n) is 10.6. The van der Waals surface area contributed by atoms with Gasteiger partial charge >= 0.3 is 0 Å². The first-order chi connectivity index (χ1) is 10.7. The van der Waals surface area contributed by atoms with Gasteiger partial charge in [0, 0.05) is 6.42 Å².